The van der Waals surface area contributed by atoms with Gasteiger partial charge in [-0.25, -0.2) is 13.6 Å². The number of halogens is 2. The molecule has 25 heavy (non-hydrogen) atoms. The number of hydrogen-bond donors (Lipinski definition) is 0. The molecule has 0 radical (unpaired) electrons. The third kappa shape index (κ3) is 2.65. The lowest BCUT2D eigenvalue weighted by atomic mass is 9.88. The summed E-state index contributed by atoms with van der Waals surface area (Å²) in [5, 5.41) is 0. The van der Waals surface area contributed by atoms with E-state index in [4.69, 9.17) is 9.47 Å². The molecule has 0 fully saturated rings. The number of fused-ring (bicyclic) bond motifs is 5. The average molecular weight is 342 g/mol. The Labute approximate surface area is 143 Å². The van der Waals surface area contributed by atoms with Gasteiger partial charge in [0.1, 0.15) is 23.8 Å². The third-order valence-electron chi connectivity index (χ3n) is 4.46. The fourth-order valence-corrected chi connectivity index (χ4v) is 3.34. The van der Waals surface area contributed by atoms with Gasteiger partial charge in [-0.05, 0) is 41.8 Å². The summed E-state index contributed by atoms with van der Waals surface area (Å²) < 4.78 is 38.5. The lowest BCUT2D eigenvalue weighted by molar-refractivity contribution is 0.0496. The summed E-state index contributed by atoms with van der Waals surface area (Å²) in [6, 6.07) is 6.81. The number of carbonyl (C=O) groups is 1. The molecule has 2 heterocycles. The van der Waals surface area contributed by atoms with Gasteiger partial charge >= 0.3 is 5.97 Å². The molecule has 2 bridgehead atoms. The third-order valence-corrected chi connectivity index (χ3v) is 4.46. The molecule has 0 spiro atoms. The zero-order chi connectivity index (χ0) is 17.6. The summed E-state index contributed by atoms with van der Waals surface area (Å²) in [7, 11) is 0. The minimum atomic E-state index is -0.674. The largest absolute Gasteiger partial charge is 0.462 e. The van der Waals surface area contributed by atoms with Gasteiger partial charge in [0.15, 0.2) is 0 Å². The van der Waals surface area contributed by atoms with Crippen LogP contribution in [-0.2, 0) is 9.47 Å². The lowest BCUT2D eigenvalue weighted by Crippen LogP contribution is -2.11. The molecule has 2 aromatic rings. The van der Waals surface area contributed by atoms with Crippen molar-refractivity contribution in [3.8, 4) is 11.1 Å². The van der Waals surface area contributed by atoms with E-state index in [1.165, 1.54) is 12.1 Å². The maximum Gasteiger partial charge on any atom is 0.338 e. The minimum absolute atomic E-state index is 0.237. The highest BCUT2D eigenvalue weighted by Gasteiger charge is 2.38. The Bertz CT molecular complexity index is 889. The van der Waals surface area contributed by atoms with E-state index >= 15 is 0 Å². The van der Waals surface area contributed by atoms with Crippen LogP contribution in [0, 0.1) is 11.6 Å². The number of esters is 1. The van der Waals surface area contributed by atoms with E-state index in [0.29, 0.717) is 24.2 Å². The molecule has 128 valence electrons. The van der Waals surface area contributed by atoms with Gasteiger partial charge in [0.05, 0.1) is 12.2 Å². The number of carbonyl (C=O) groups excluding carboxylic acids is 1. The summed E-state index contributed by atoms with van der Waals surface area (Å²) in [5.74, 6) is -1.77. The van der Waals surface area contributed by atoms with Crippen LogP contribution in [0.4, 0.5) is 8.78 Å². The maximum atomic E-state index is 14.2. The Hall–Kier alpha value is -2.53. The second-order valence-corrected chi connectivity index (χ2v) is 6.15. The average Bonchev–Trinajstić information content (AvgIpc) is 3.21. The summed E-state index contributed by atoms with van der Waals surface area (Å²) in [6.45, 7) is 2.23. The quantitative estimate of drug-likeness (QED) is 0.587. The van der Waals surface area contributed by atoms with Gasteiger partial charge in [0.2, 0.25) is 0 Å². The van der Waals surface area contributed by atoms with E-state index in [9.17, 15) is 13.6 Å². The molecule has 3 nitrogen and oxygen atoms in total. The van der Waals surface area contributed by atoms with Crippen LogP contribution < -0.4 is 0 Å². The van der Waals surface area contributed by atoms with E-state index in [0.717, 1.165) is 17.2 Å². The van der Waals surface area contributed by atoms with Crippen LogP contribution in [0.5, 0.6) is 0 Å². The molecule has 0 N–H and O–H groups in total. The molecule has 2 aliphatic heterocycles. The Morgan fingerprint density at radius 1 is 1.16 bits per heavy atom. The van der Waals surface area contributed by atoms with E-state index in [2.05, 4.69) is 0 Å². The Morgan fingerprint density at radius 2 is 1.96 bits per heavy atom. The monoisotopic (exact) mass is 342 g/mol. The van der Waals surface area contributed by atoms with Gasteiger partial charge in [-0.3, -0.25) is 0 Å². The lowest BCUT2D eigenvalue weighted by Gasteiger charge is -2.15. The van der Waals surface area contributed by atoms with Crippen molar-refractivity contribution in [1.29, 1.82) is 0 Å². The molecule has 2 aromatic carbocycles. The van der Waals surface area contributed by atoms with E-state index in [-0.39, 0.29) is 17.8 Å². The first-order valence-corrected chi connectivity index (χ1v) is 8.22. The Balaban J connectivity index is 1.85. The predicted molar refractivity (Wildman–Crippen MR) is 88.1 cm³/mol. The highest BCUT2D eigenvalue weighted by Crippen LogP contribution is 2.48. The summed E-state index contributed by atoms with van der Waals surface area (Å²) in [5.41, 5.74) is 2.73. The van der Waals surface area contributed by atoms with Crippen molar-refractivity contribution in [2.45, 2.75) is 25.6 Å². The standard InChI is InChI=1S/C20H16F2O3/c1-2-7-24-20(23)15-9-11(13-4-3-12(21)10-16(13)22)8-14-17-5-6-18(25-17)19(14)15/h3-6,8-10,17-18H,2,7H2,1H3. The molecule has 0 aliphatic carbocycles. The zero-order valence-electron chi connectivity index (χ0n) is 13.6. The fraction of sp³-hybridized carbons (Fsp3) is 0.250. The molecule has 0 saturated carbocycles. The fourth-order valence-electron chi connectivity index (χ4n) is 3.34. The van der Waals surface area contributed by atoms with E-state index in [1.54, 1.807) is 12.1 Å². The van der Waals surface area contributed by atoms with Crippen LogP contribution in [0.2, 0.25) is 0 Å². The molecular weight excluding hydrogens is 326 g/mol. The van der Waals surface area contributed by atoms with E-state index in [1.807, 2.05) is 19.1 Å². The highest BCUT2D eigenvalue weighted by molar-refractivity contribution is 5.94. The summed E-state index contributed by atoms with van der Waals surface area (Å²) >= 11 is 0. The second-order valence-electron chi connectivity index (χ2n) is 6.15. The number of hydrogen-bond acceptors (Lipinski definition) is 3. The Morgan fingerprint density at radius 3 is 2.72 bits per heavy atom. The molecule has 2 atom stereocenters. The number of benzene rings is 2. The molecule has 4 rings (SSSR count). The SMILES string of the molecule is CCCOC(=O)c1cc(-c2ccc(F)cc2F)cc2c1C1C=CC2O1. The van der Waals surface area contributed by atoms with Gasteiger partial charge < -0.3 is 9.47 Å². The molecule has 0 aromatic heterocycles. The molecule has 0 amide bonds. The molecule has 5 heteroatoms. The van der Waals surface area contributed by atoms with Crippen molar-refractivity contribution in [1.82, 2.24) is 0 Å². The first kappa shape index (κ1) is 16.0. The first-order chi connectivity index (χ1) is 12.1. The van der Waals surface area contributed by atoms with Gasteiger partial charge in [-0.1, -0.05) is 19.1 Å². The molecule has 0 saturated heterocycles. The number of ether oxygens (including phenoxy) is 2. The van der Waals surface area contributed by atoms with Crippen molar-refractivity contribution < 1.29 is 23.0 Å². The van der Waals surface area contributed by atoms with Crippen LogP contribution in [-0.4, -0.2) is 12.6 Å². The second kappa shape index (κ2) is 6.08. The normalized spacial score (nSPS) is 20.0. The predicted octanol–water partition coefficient (Wildman–Crippen LogP) is 4.88. The van der Waals surface area contributed by atoms with Crippen LogP contribution in [0.25, 0.3) is 11.1 Å². The van der Waals surface area contributed by atoms with Gasteiger partial charge in [-0.15, -0.1) is 0 Å². The van der Waals surface area contributed by atoms with E-state index < -0.39 is 17.6 Å². The smallest absolute Gasteiger partial charge is 0.338 e. The molecule has 2 unspecified atom stereocenters. The van der Waals surface area contributed by atoms with Crippen molar-refractivity contribution in [2.24, 2.45) is 0 Å². The molecule has 2 aliphatic rings. The van der Waals surface area contributed by atoms with Crippen molar-refractivity contribution >= 4 is 5.97 Å². The van der Waals surface area contributed by atoms with Crippen molar-refractivity contribution in [2.75, 3.05) is 6.61 Å². The molecular formula is C20H16F2O3. The van der Waals surface area contributed by atoms with Crippen LogP contribution >= 0.6 is 0 Å². The van der Waals surface area contributed by atoms with Crippen LogP contribution in [0.15, 0.2) is 42.5 Å². The first-order valence-electron chi connectivity index (χ1n) is 8.22. The highest BCUT2D eigenvalue weighted by atomic mass is 19.1. The summed E-state index contributed by atoms with van der Waals surface area (Å²) in [4.78, 5) is 12.5. The van der Waals surface area contributed by atoms with Gasteiger partial charge in [0, 0.05) is 17.2 Å². The van der Waals surface area contributed by atoms with Gasteiger partial charge in [0.25, 0.3) is 0 Å². The van der Waals surface area contributed by atoms with Crippen LogP contribution in [0.1, 0.15) is 47.0 Å². The van der Waals surface area contributed by atoms with Gasteiger partial charge in [-0.2, -0.15) is 0 Å². The van der Waals surface area contributed by atoms with Crippen molar-refractivity contribution in [3.63, 3.8) is 0 Å². The maximum absolute atomic E-state index is 14.2. The summed E-state index contributed by atoms with van der Waals surface area (Å²) in [6.07, 6.45) is 4.00. The van der Waals surface area contributed by atoms with Crippen molar-refractivity contribution in [3.05, 3.63) is 70.8 Å². The zero-order valence-corrected chi connectivity index (χ0v) is 13.6. The Kier molecular flexibility index (Phi) is 3.88. The number of rotatable bonds is 4. The van der Waals surface area contributed by atoms with Crippen LogP contribution in [0.3, 0.4) is 0 Å². The topological polar surface area (TPSA) is 35.5 Å². The minimum Gasteiger partial charge on any atom is -0.462 e.